The van der Waals surface area contributed by atoms with Crippen LogP contribution in [-0.4, -0.2) is 21.0 Å². The molecule has 2 aromatic heterocycles. The number of hydrogen-bond acceptors (Lipinski definition) is 4. The van der Waals surface area contributed by atoms with Crippen LogP contribution in [0, 0.1) is 0 Å². The van der Waals surface area contributed by atoms with Crippen molar-refractivity contribution in [2.45, 2.75) is 0 Å². The number of carbonyl (C=O) groups is 1. The van der Waals surface area contributed by atoms with E-state index in [9.17, 15) is 4.79 Å². The number of pyridine rings is 2. The lowest BCUT2D eigenvalue weighted by Crippen LogP contribution is -1.97. The van der Waals surface area contributed by atoms with Crippen LogP contribution in [0.5, 0.6) is 11.5 Å². The molecule has 80 valence electrons. The fourth-order valence-corrected chi connectivity index (χ4v) is 1.13. The van der Waals surface area contributed by atoms with Gasteiger partial charge in [-0.1, -0.05) is 0 Å². The van der Waals surface area contributed by atoms with Crippen molar-refractivity contribution in [2.75, 3.05) is 0 Å². The Hall–Kier alpha value is -2.43. The Morgan fingerprint density at radius 3 is 2.56 bits per heavy atom. The predicted octanol–water partition coefficient (Wildman–Crippen LogP) is 1.97. The number of rotatable bonds is 3. The molecule has 2 rings (SSSR count). The van der Waals surface area contributed by atoms with Gasteiger partial charge >= 0.3 is 5.97 Å². The van der Waals surface area contributed by atoms with E-state index in [4.69, 9.17) is 9.84 Å². The summed E-state index contributed by atoms with van der Waals surface area (Å²) in [5.41, 5.74) is 0.0894. The van der Waals surface area contributed by atoms with Crippen LogP contribution in [0.15, 0.2) is 43.0 Å². The van der Waals surface area contributed by atoms with E-state index in [-0.39, 0.29) is 5.56 Å². The lowest BCUT2D eigenvalue weighted by Gasteiger charge is -2.04. The van der Waals surface area contributed by atoms with Crippen LogP contribution in [0.4, 0.5) is 0 Å². The summed E-state index contributed by atoms with van der Waals surface area (Å²) in [6, 6.07) is 4.76. The minimum Gasteiger partial charge on any atom is -0.478 e. The summed E-state index contributed by atoms with van der Waals surface area (Å²) in [5.74, 6) is -0.0712. The summed E-state index contributed by atoms with van der Waals surface area (Å²) >= 11 is 0. The molecule has 0 amide bonds. The van der Waals surface area contributed by atoms with Gasteiger partial charge in [0.05, 0.1) is 11.8 Å². The second-order valence-corrected chi connectivity index (χ2v) is 3.00. The Morgan fingerprint density at radius 1 is 1.12 bits per heavy atom. The van der Waals surface area contributed by atoms with Crippen LogP contribution in [-0.2, 0) is 0 Å². The highest BCUT2D eigenvalue weighted by Gasteiger charge is 2.05. The van der Waals surface area contributed by atoms with Gasteiger partial charge in [-0.3, -0.25) is 9.97 Å². The number of aromatic nitrogens is 2. The standard InChI is InChI=1S/C11H8N2O3/c14-11(15)8-5-10(7-13-6-8)16-9-1-3-12-4-2-9/h1-7H,(H,14,15). The molecular weight excluding hydrogens is 208 g/mol. The predicted molar refractivity (Wildman–Crippen MR) is 55.5 cm³/mol. The number of aromatic carboxylic acids is 1. The molecule has 0 bridgehead atoms. The topological polar surface area (TPSA) is 72.3 Å². The molecule has 0 atom stereocenters. The molecule has 2 aromatic rings. The van der Waals surface area contributed by atoms with E-state index in [1.54, 1.807) is 24.5 Å². The average molecular weight is 216 g/mol. The van der Waals surface area contributed by atoms with E-state index >= 15 is 0 Å². The van der Waals surface area contributed by atoms with E-state index < -0.39 is 5.97 Å². The quantitative estimate of drug-likeness (QED) is 0.849. The van der Waals surface area contributed by atoms with Crippen molar-refractivity contribution in [1.29, 1.82) is 0 Å². The molecule has 0 saturated carbocycles. The molecule has 0 saturated heterocycles. The minimum atomic E-state index is -1.03. The molecule has 0 unspecified atom stereocenters. The monoisotopic (exact) mass is 216 g/mol. The smallest absolute Gasteiger partial charge is 0.337 e. The largest absolute Gasteiger partial charge is 0.478 e. The van der Waals surface area contributed by atoms with E-state index in [1.165, 1.54) is 18.5 Å². The van der Waals surface area contributed by atoms with E-state index in [1.807, 2.05) is 0 Å². The van der Waals surface area contributed by atoms with Crippen LogP contribution in [0.3, 0.4) is 0 Å². The fraction of sp³-hybridized carbons (Fsp3) is 0. The van der Waals surface area contributed by atoms with Gasteiger partial charge in [0.2, 0.25) is 0 Å². The zero-order valence-electron chi connectivity index (χ0n) is 8.20. The summed E-state index contributed by atoms with van der Waals surface area (Å²) in [7, 11) is 0. The molecule has 0 aliphatic heterocycles. The molecule has 0 fully saturated rings. The second-order valence-electron chi connectivity index (χ2n) is 3.00. The molecule has 0 aromatic carbocycles. The number of hydrogen-bond donors (Lipinski definition) is 1. The lowest BCUT2D eigenvalue weighted by molar-refractivity contribution is 0.0696. The Labute approximate surface area is 91.4 Å². The Morgan fingerprint density at radius 2 is 1.88 bits per heavy atom. The van der Waals surface area contributed by atoms with Crippen molar-refractivity contribution >= 4 is 5.97 Å². The number of carboxylic acids is 1. The molecule has 2 heterocycles. The minimum absolute atomic E-state index is 0.0894. The van der Waals surface area contributed by atoms with Crippen LogP contribution in [0.25, 0.3) is 0 Å². The van der Waals surface area contributed by atoms with Gasteiger partial charge in [-0.15, -0.1) is 0 Å². The first-order chi connectivity index (χ1) is 7.75. The Bertz CT molecular complexity index is 500. The molecule has 5 nitrogen and oxygen atoms in total. The van der Waals surface area contributed by atoms with Gasteiger partial charge in [0.25, 0.3) is 0 Å². The van der Waals surface area contributed by atoms with Gasteiger partial charge in [0, 0.05) is 18.6 Å². The zero-order valence-corrected chi connectivity index (χ0v) is 8.20. The first-order valence-corrected chi connectivity index (χ1v) is 4.52. The summed E-state index contributed by atoms with van der Waals surface area (Å²) in [4.78, 5) is 18.3. The maximum atomic E-state index is 10.7. The fourth-order valence-electron chi connectivity index (χ4n) is 1.13. The molecule has 0 radical (unpaired) electrons. The average Bonchev–Trinajstić information content (AvgIpc) is 2.30. The Balaban J connectivity index is 2.22. The SMILES string of the molecule is O=C(O)c1cncc(Oc2ccncc2)c1. The zero-order chi connectivity index (χ0) is 11.4. The first-order valence-electron chi connectivity index (χ1n) is 4.52. The van der Waals surface area contributed by atoms with Crippen molar-refractivity contribution in [3.05, 3.63) is 48.5 Å². The number of ether oxygens (including phenoxy) is 1. The van der Waals surface area contributed by atoms with Gasteiger partial charge < -0.3 is 9.84 Å². The van der Waals surface area contributed by atoms with Gasteiger partial charge in [-0.25, -0.2) is 4.79 Å². The van der Waals surface area contributed by atoms with Crippen molar-refractivity contribution in [2.24, 2.45) is 0 Å². The maximum Gasteiger partial charge on any atom is 0.337 e. The van der Waals surface area contributed by atoms with Crippen molar-refractivity contribution in [1.82, 2.24) is 9.97 Å². The van der Waals surface area contributed by atoms with Crippen LogP contribution in [0.2, 0.25) is 0 Å². The first kappa shape index (κ1) is 10.1. The van der Waals surface area contributed by atoms with Crippen LogP contribution < -0.4 is 4.74 Å². The highest BCUT2D eigenvalue weighted by Crippen LogP contribution is 2.20. The van der Waals surface area contributed by atoms with E-state index in [0.29, 0.717) is 11.5 Å². The Kier molecular flexibility index (Phi) is 2.77. The molecule has 0 spiro atoms. The third kappa shape index (κ3) is 2.33. The third-order valence-electron chi connectivity index (χ3n) is 1.85. The summed E-state index contributed by atoms with van der Waals surface area (Å²) in [6.45, 7) is 0. The molecular formula is C11H8N2O3. The van der Waals surface area contributed by atoms with Gasteiger partial charge in [-0.2, -0.15) is 0 Å². The molecule has 0 aliphatic rings. The van der Waals surface area contributed by atoms with Crippen LogP contribution >= 0.6 is 0 Å². The van der Waals surface area contributed by atoms with E-state index in [0.717, 1.165) is 0 Å². The lowest BCUT2D eigenvalue weighted by atomic mass is 10.3. The highest BCUT2D eigenvalue weighted by molar-refractivity contribution is 5.87. The van der Waals surface area contributed by atoms with Gasteiger partial charge in [0.1, 0.15) is 11.5 Å². The third-order valence-corrected chi connectivity index (χ3v) is 1.85. The summed E-state index contributed by atoms with van der Waals surface area (Å²) in [5, 5.41) is 8.77. The van der Waals surface area contributed by atoms with Crippen molar-refractivity contribution in [3.8, 4) is 11.5 Å². The molecule has 16 heavy (non-hydrogen) atoms. The van der Waals surface area contributed by atoms with E-state index in [2.05, 4.69) is 9.97 Å². The molecule has 1 N–H and O–H groups in total. The summed E-state index contributed by atoms with van der Waals surface area (Å²) < 4.78 is 5.40. The van der Waals surface area contributed by atoms with Crippen molar-refractivity contribution in [3.63, 3.8) is 0 Å². The van der Waals surface area contributed by atoms with Gasteiger partial charge in [-0.05, 0) is 18.2 Å². The number of carboxylic acid groups (broad SMARTS) is 1. The summed E-state index contributed by atoms with van der Waals surface area (Å²) in [6.07, 6.45) is 5.89. The molecule has 5 heteroatoms. The van der Waals surface area contributed by atoms with Gasteiger partial charge in [0.15, 0.2) is 0 Å². The molecule has 0 aliphatic carbocycles. The maximum absolute atomic E-state index is 10.7. The van der Waals surface area contributed by atoms with Crippen molar-refractivity contribution < 1.29 is 14.6 Å². The normalized spacial score (nSPS) is 9.75. The highest BCUT2D eigenvalue weighted by atomic mass is 16.5. The second kappa shape index (κ2) is 4.39. The number of nitrogens with zero attached hydrogens (tertiary/aromatic N) is 2. The van der Waals surface area contributed by atoms with Crippen LogP contribution in [0.1, 0.15) is 10.4 Å².